The van der Waals surface area contributed by atoms with Crippen LogP contribution < -0.4 is 0 Å². The minimum absolute atomic E-state index is 0.105. The highest BCUT2D eigenvalue weighted by atomic mass is 15.0. The molecular formula is C56H47N3. The van der Waals surface area contributed by atoms with Gasteiger partial charge in [0.1, 0.15) is 0 Å². The number of hydrogen-bond acceptors (Lipinski definition) is 3. The molecular weight excluding hydrogens is 715 g/mol. The molecule has 1 aromatic heterocycles. The minimum atomic E-state index is -0.105. The van der Waals surface area contributed by atoms with Crippen molar-refractivity contribution in [3.05, 3.63) is 186 Å². The van der Waals surface area contributed by atoms with Crippen molar-refractivity contribution in [2.24, 2.45) is 23.7 Å². The van der Waals surface area contributed by atoms with E-state index < -0.39 is 0 Å². The van der Waals surface area contributed by atoms with Gasteiger partial charge in [-0.3, -0.25) is 0 Å². The number of nitrogens with zero attached hydrogens (tertiary/aromatic N) is 3. The Morgan fingerprint density at radius 2 is 0.831 bits per heavy atom. The Morgan fingerprint density at radius 3 is 1.49 bits per heavy atom. The second-order valence-electron chi connectivity index (χ2n) is 18.4. The van der Waals surface area contributed by atoms with Crippen LogP contribution in [0.3, 0.4) is 0 Å². The molecule has 1 heterocycles. The van der Waals surface area contributed by atoms with E-state index in [0.717, 1.165) is 51.3 Å². The predicted molar refractivity (Wildman–Crippen MR) is 241 cm³/mol. The van der Waals surface area contributed by atoms with E-state index in [4.69, 9.17) is 15.0 Å². The number of rotatable bonds is 5. The zero-order valence-corrected chi connectivity index (χ0v) is 33.8. The van der Waals surface area contributed by atoms with E-state index in [9.17, 15) is 0 Å². The molecule has 5 aliphatic carbocycles. The first-order valence-electron chi connectivity index (χ1n) is 21.7. The van der Waals surface area contributed by atoms with E-state index in [-0.39, 0.29) is 10.8 Å². The summed E-state index contributed by atoms with van der Waals surface area (Å²) in [5.41, 5.74) is 14.1. The Kier molecular flexibility index (Phi) is 7.77. The van der Waals surface area contributed by atoms with Gasteiger partial charge >= 0.3 is 0 Å². The first kappa shape index (κ1) is 34.8. The summed E-state index contributed by atoms with van der Waals surface area (Å²) < 4.78 is 0. The molecule has 0 atom stereocenters. The van der Waals surface area contributed by atoms with Crippen molar-refractivity contribution < 1.29 is 0 Å². The van der Waals surface area contributed by atoms with Crippen LogP contribution in [0.5, 0.6) is 0 Å². The number of fused-ring (bicyclic) bond motifs is 3. The van der Waals surface area contributed by atoms with Gasteiger partial charge in [0, 0.05) is 27.5 Å². The fourth-order valence-corrected chi connectivity index (χ4v) is 12.6. The van der Waals surface area contributed by atoms with Crippen molar-refractivity contribution in [1.82, 2.24) is 15.0 Å². The smallest absolute Gasteiger partial charge is 0.164 e. The topological polar surface area (TPSA) is 38.7 Å². The summed E-state index contributed by atoms with van der Waals surface area (Å²) in [6.07, 6.45) is 7.02. The molecule has 8 aromatic rings. The molecule has 5 aliphatic rings. The van der Waals surface area contributed by atoms with Crippen LogP contribution in [0.4, 0.5) is 0 Å². The molecule has 4 fully saturated rings. The lowest BCUT2D eigenvalue weighted by atomic mass is 9.39. The Hall–Kier alpha value is -6.19. The highest BCUT2D eigenvalue weighted by molar-refractivity contribution is 6.04. The minimum Gasteiger partial charge on any atom is -0.208 e. The molecule has 4 bridgehead atoms. The monoisotopic (exact) mass is 761 g/mol. The third-order valence-electron chi connectivity index (χ3n) is 15.0. The molecule has 0 aliphatic heterocycles. The van der Waals surface area contributed by atoms with E-state index in [0.29, 0.717) is 17.5 Å². The molecule has 4 saturated carbocycles. The lowest BCUT2D eigenvalue weighted by Crippen LogP contribution is -2.58. The molecule has 1 spiro atoms. The highest BCUT2D eigenvalue weighted by Crippen LogP contribution is 2.68. The second-order valence-corrected chi connectivity index (χ2v) is 18.4. The maximum atomic E-state index is 5.21. The largest absolute Gasteiger partial charge is 0.208 e. The summed E-state index contributed by atoms with van der Waals surface area (Å²) in [6.45, 7) is 4.94. The van der Waals surface area contributed by atoms with Crippen LogP contribution in [0.25, 0.3) is 67.2 Å². The average molecular weight is 762 g/mol. The van der Waals surface area contributed by atoms with Crippen LogP contribution in [-0.2, 0) is 10.8 Å². The molecule has 7 aromatic carbocycles. The van der Waals surface area contributed by atoms with Crippen molar-refractivity contribution in [1.29, 1.82) is 0 Å². The molecule has 3 nitrogen and oxygen atoms in total. The van der Waals surface area contributed by atoms with Gasteiger partial charge < -0.3 is 0 Å². The van der Waals surface area contributed by atoms with Crippen LogP contribution in [0.15, 0.2) is 164 Å². The van der Waals surface area contributed by atoms with Gasteiger partial charge in [0.15, 0.2) is 17.5 Å². The Balaban J connectivity index is 0.997. The van der Waals surface area contributed by atoms with Gasteiger partial charge in [-0.2, -0.15) is 0 Å². The molecule has 3 heteroatoms. The first-order valence-corrected chi connectivity index (χ1v) is 21.7. The Bertz CT molecular complexity index is 2880. The van der Waals surface area contributed by atoms with Gasteiger partial charge in [-0.05, 0) is 123 Å². The maximum absolute atomic E-state index is 5.21. The number of hydrogen-bond donors (Lipinski definition) is 0. The second kappa shape index (κ2) is 13.2. The normalized spacial score (nSPS) is 23.3. The van der Waals surface area contributed by atoms with Gasteiger partial charge in [0.05, 0.1) is 0 Å². The Morgan fingerprint density at radius 1 is 0.373 bits per heavy atom. The van der Waals surface area contributed by atoms with Gasteiger partial charge in [0.25, 0.3) is 0 Å². The van der Waals surface area contributed by atoms with Crippen molar-refractivity contribution in [2.45, 2.75) is 56.8 Å². The van der Waals surface area contributed by atoms with Crippen molar-refractivity contribution in [3.63, 3.8) is 0 Å². The van der Waals surface area contributed by atoms with Crippen LogP contribution in [0.1, 0.15) is 68.2 Å². The third kappa shape index (κ3) is 5.29. The molecule has 13 rings (SSSR count). The zero-order chi connectivity index (χ0) is 39.3. The van der Waals surface area contributed by atoms with E-state index in [1.807, 2.05) is 18.2 Å². The average Bonchev–Trinajstić information content (AvgIpc) is 3.29. The molecule has 0 unspecified atom stereocenters. The lowest BCUT2D eigenvalue weighted by molar-refractivity contribution is -0.0443. The molecule has 0 saturated heterocycles. The number of benzene rings is 7. The first-order chi connectivity index (χ1) is 28.9. The van der Waals surface area contributed by atoms with Crippen molar-refractivity contribution in [3.8, 4) is 56.4 Å². The number of aromatic nitrogens is 3. The van der Waals surface area contributed by atoms with Gasteiger partial charge in [0.2, 0.25) is 0 Å². The van der Waals surface area contributed by atoms with Crippen LogP contribution in [-0.4, -0.2) is 15.0 Å². The molecule has 0 amide bonds. The van der Waals surface area contributed by atoms with Gasteiger partial charge in [-0.25, -0.2) is 15.0 Å². The quantitative estimate of drug-likeness (QED) is 0.175. The molecule has 0 N–H and O–H groups in total. The SMILES string of the molecule is CC1(C)c2ccccc2C2(c3ccc(-c4ccc(-c5nc(-c6ccccc6)nc(-c6ccc(-c7ccccc7)cc6)n5)c5ccccc45)cc31)C1CC3CC(C1)CC2C3. The zero-order valence-electron chi connectivity index (χ0n) is 33.8. The summed E-state index contributed by atoms with van der Waals surface area (Å²) in [5.74, 6) is 5.31. The summed E-state index contributed by atoms with van der Waals surface area (Å²) >= 11 is 0. The highest BCUT2D eigenvalue weighted by Gasteiger charge is 2.62. The van der Waals surface area contributed by atoms with E-state index in [2.05, 4.69) is 159 Å². The molecule has 59 heavy (non-hydrogen) atoms. The van der Waals surface area contributed by atoms with E-state index in [1.165, 1.54) is 65.3 Å². The molecule has 0 radical (unpaired) electrons. The van der Waals surface area contributed by atoms with Crippen LogP contribution >= 0.6 is 0 Å². The third-order valence-corrected chi connectivity index (χ3v) is 15.0. The fourth-order valence-electron chi connectivity index (χ4n) is 12.6. The maximum Gasteiger partial charge on any atom is 0.164 e. The summed E-state index contributed by atoms with van der Waals surface area (Å²) in [5, 5.41) is 2.35. The van der Waals surface area contributed by atoms with Crippen LogP contribution in [0.2, 0.25) is 0 Å². The van der Waals surface area contributed by atoms with Crippen LogP contribution in [0, 0.1) is 23.7 Å². The molecule has 286 valence electrons. The lowest BCUT2D eigenvalue weighted by Gasteiger charge is -2.64. The fraction of sp³-hybridized carbons (Fsp3) is 0.232. The predicted octanol–water partition coefficient (Wildman–Crippen LogP) is 13.7. The Labute approximate surface area is 347 Å². The standard InChI is InChI=1S/C56H47N3/c1-55(2)48-19-11-12-20-49(48)56(42-30-35-29-36(32-42)33-43(56)31-35)50-28-25-41(34-51(50)55)44-26-27-47(46-18-10-9-17-45(44)46)54-58-52(39-15-7-4-8-16-39)57-53(59-54)40-23-21-38(22-24-40)37-13-5-3-6-14-37/h3-28,34-36,42-43H,29-33H2,1-2H3. The van der Waals surface area contributed by atoms with E-state index >= 15 is 0 Å². The van der Waals surface area contributed by atoms with Gasteiger partial charge in [-0.15, -0.1) is 0 Å². The van der Waals surface area contributed by atoms with Crippen molar-refractivity contribution >= 4 is 10.8 Å². The summed E-state index contributed by atoms with van der Waals surface area (Å²) in [7, 11) is 0. The van der Waals surface area contributed by atoms with Gasteiger partial charge in [-0.1, -0.05) is 166 Å². The van der Waals surface area contributed by atoms with E-state index in [1.54, 1.807) is 11.1 Å². The summed E-state index contributed by atoms with van der Waals surface area (Å²) in [4.78, 5) is 15.5. The van der Waals surface area contributed by atoms with Crippen molar-refractivity contribution in [2.75, 3.05) is 0 Å². The summed E-state index contributed by atoms with van der Waals surface area (Å²) in [6, 6.07) is 59.8.